The SMILES string of the molecule is CCCCCCc1cccc2c1sc1ccccc12. The number of thiophene rings is 1. The van der Waals surface area contributed by atoms with Gasteiger partial charge in [0.15, 0.2) is 0 Å². The Balaban J connectivity index is 1.96. The van der Waals surface area contributed by atoms with Gasteiger partial charge in [-0.2, -0.15) is 0 Å². The molecule has 0 nitrogen and oxygen atoms in total. The number of hydrogen-bond donors (Lipinski definition) is 0. The Bertz CT molecular complexity index is 678. The van der Waals surface area contributed by atoms with Crippen molar-refractivity contribution in [2.45, 2.75) is 39.0 Å². The third kappa shape index (κ3) is 2.52. The highest BCUT2D eigenvalue weighted by atomic mass is 32.1. The monoisotopic (exact) mass is 268 g/mol. The molecule has 0 fully saturated rings. The highest BCUT2D eigenvalue weighted by molar-refractivity contribution is 7.26. The van der Waals surface area contributed by atoms with Crippen LogP contribution in [0.15, 0.2) is 42.5 Å². The van der Waals surface area contributed by atoms with Crippen molar-refractivity contribution in [2.24, 2.45) is 0 Å². The van der Waals surface area contributed by atoms with Crippen molar-refractivity contribution in [3.8, 4) is 0 Å². The zero-order valence-corrected chi connectivity index (χ0v) is 12.3. The van der Waals surface area contributed by atoms with Crippen molar-refractivity contribution in [1.29, 1.82) is 0 Å². The molecular formula is C18H20S. The molecule has 0 radical (unpaired) electrons. The van der Waals surface area contributed by atoms with Crippen molar-refractivity contribution in [3.05, 3.63) is 48.0 Å². The van der Waals surface area contributed by atoms with Gasteiger partial charge in [0.2, 0.25) is 0 Å². The molecule has 0 aliphatic carbocycles. The first-order chi connectivity index (χ1) is 9.40. The van der Waals surface area contributed by atoms with Gasteiger partial charge in [-0.25, -0.2) is 0 Å². The van der Waals surface area contributed by atoms with Crippen LogP contribution < -0.4 is 0 Å². The molecule has 0 spiro atoms. The molecule has 0 N–H and O–H groups in total. The van der Waals surface area contributed by atoms with Gasteiger partial charge in [0, 0.05) is 20.2 Å². The Kier molecular flexibility index (Phi) is 3.84. The number of aryl methyl sites for hydroxylation is 1. The maximum Gasteiger partial charge on any atom is 0.0387 e. The normalized spacial score (nSPS) is 11.4. The zero-order valence-electron chi connectivity index (χ0n) is 11.5. The standard InChI is InChI=1S/C18H20S/c1-2-3-4-5-9-14-10-8-12-16-15-11-6-7-13-17(15)19-18(14)16/h6-8,10-13H,2-5,9H2,1H3. The minimum absolute atomic E-state index is 1.23. The van der Waals surface area contributed by atoms with E-state index in [1.54, 1.807) is 0 Å². The van der Waals surface area contributed by atoms with Crippen molar-refractivity contribution in [1.82, 2.24) is 0 Å². The van der Waals surface area contributed by atoms with Crippen LogP contribution in [-0.4, -0.2) is 0 Å². The van der Waals surface area contributed by atoms with Crippen LogP contribution in [0.3, 0.4) is 0 Å². The largest absolute Gasteiger partial charge is 0.135 e. The molecule has 0 bridgehead atoms. The van der Waals surface area contributed by atoms with E-state index < -0.39 is 0 Å². The minimum Gasteiger partial charge on any atom is -0.135 e. The van der Waals surface area contributed by atoms with E-state index in [4.69, 9.17) is 0 Å². The molecule has 3 aromatic rings. The summed E-state index contributed by atoms with van der Waals surface area (Å²) in [5.41, 5.74) is 1.54. The maximum absolute atomic E-state index is 2.31. The lowest BCUT2D eigenvalue weighted by Gasteiger charge is -2.02. The summed E-state index contributed by atoms with van der Waals surface area (Å²) in [6.07, 6.45) is 6.58. The van der Waals surface area contributed by atoms with Crippen LogP contribution in [0.2, 0.25) is 0 Å². The number of fused-ring (bicyclic) bond motifs is 3. The lowest BCUT2D eigenvalue weighted by atomic mass is 10.0. The Morgan fingerprint density at radius 3 is 2.58 bits per heavy atom. The fourth-order valence-corrected chi connectivity index (χ4v) is 3.99. The topological polar surface area (TPSA) is 0 Å². The molecule has 0 saturated carbocycles. The summed E-state index contributed by atoms with van der Waals surface area (Å²) in [6, 6.07) is 15.6. The van der Waals surface area contributed by atoms with E-state index in [0.717, 1.165) is 0 Å². The highest BCUT2D eigenvalue weighted by Crippen LogP contribution is 2.36. The highest BCUT2D eigenvalue weighted by Gasteiger charge is 2.07. The molecule has 0 atom stereocenters. The van der Waals surface area contributed by atoms with Crippen LogP contribution in [0, 0.1) is 0 Å². The summed E-state index contributed by atoms with van der Waals surface area (Å²) in [5, 5.41) is 2.85. The molecule has 0 saturated heterocycles. The Morgan fingerprint density at radius 2 is 1.68 bits per heavy atom. The quantitative estimate of drug-likeness (QED) is 0.485. The molecule has 0 unspecified atom stereocenters. The van der Waals surface area contributed by atoms with Gasteiger partial charge in [0.25, 0.3) is 0 Å². The second kappa shape index (κ2) is 5.75. The fraction of sp³-hybridized carbons (Fsp3) is 0.333. The van der Waals surface area contributed by atoms with Crippen LogP contribution in [0.5, 0.6) is 0 Å². The number of unbranched alkanes of at least 4 members (excludes halogenated alkanes) is 3. The fourth-order valence-electron chi connectivity index (χ4n) is 2.74. The lowest BCUT2D eigenvalue weighted by Crippen LogP contribution is -1.85. The zero-order chi connectivity index (χ0) is 13.1. The van der Waals surface area contributed by atoms with Crippen LogP contribution in [0.4, 0.5) is 0 Å². The molecular weight excluding hydrogens is 248 g/mol. The Labute approximate surface area is 119 Å². The lowest BCUT2D eigenvalue weighted by molar-refractivity contribution is 0.668. The third-order valence-electron chi connectivity index (χ3n) is 3.79. The van der Waals surface area contributed by atoms with E-state index in [1.165, 1.54) is 57.8 Å². The number of rotatable bonds is 5. The van der Waals surface area contributed by atoms with Crippen LogP contribution in [0.25, 0.3) is 20.2 Å². The van der Waals surface area contributed by atoms with Crippen molar-refractivity contribution < 1.29 is 0 Å². The third-order valence-corrected chi connectivity index (χ3v) is 5.05. The van der Waals surface area contributed by atoms with Gasteiger partial charge < -0.3 is 0 Å². The first kappa shape index (κ1) is 12.7. The molecule has 0 amide bonds. The van der Waals surface area contributed by atoms with Crippen molar-refractivity contribution >= 4 is 31.5 Å². The Morgan fingerprint density at radius 1 is 0.842 bits per heavy atom. The van der Waals surface area contributed by atoms with Crippen molar-refractivity contribution in [3.63, 3.8) is 0 Å². The van der Waals surface area contributed by atoms with Gasteiger partial charge in [-0.1, -0.05) is 62.6 Å². The van der Waals surface area contributed by atoms with Crippen molar-refractivity contribution in [2.75, 3.05) is 0 Å². The molecule has 3 rings (SSSR count). The van der Waals surface area contributed by atoms with E-state index in [-0.39, 0.29) is 0 Å². The molecule has 1 heterocycles. The second-order valence-electron chi connectivity index (χ2n) is 5.20. The Hall–Kier alpha value is -1.34. The minimum atomic E-state index is 1.23. The molecule has 2 aromatic carbocycles. The predicted octanol–water partition coefficient (Wildman–Crippen LogP) is 6.18. The van der Waals surface area contributed by atoms with E-state index in [0.29, 0.717) is 0 Å². The van der Waals surface area contributed by atoms with E-state index in [2.05, 4.69) is 49.4 Å². The summed E-state index contributed by atoms with van der Waals surface area (Å²) in [5.74, 6) is 0. The molecule has 1 aromatic heterocycles. The van der Waals surface area contributed by atoms with Gasteiger partial charge >= 0.3 is 0 Å². The summed E-state index contributed by atoms with van der Waals surface area (Å²) in [4.78, 5) is 0. The van der Waals surface area contributed by atoms with Gasteiger partial charge in [0.1, 0.15) is 0 Å². The molecule has 0 aliphatic heterocycles. The predicted molar refractivity (Wildman–Crippen MR) is 87.2 cm³/mol. The molecule has 0 aliphatic rings. The van der Waals surface area contributed by atoms with E-state index >= 15 is 0 Å². The number of benzene rings is 2. The van der Waals surface area contributed by atoms with Crippen LogP contribution in [0.1, 0.15) is 38.2 Å². The summed E-state index contributed by atoms with van der Waals surface area (Å²) >= 11 is 1.95. The summed E-state index contributed by atoms with van der Waals surface area (Å²) < 4.78 is 2.92. The molecule has 98 valence electrons. The van der Waals surface area contributed by atoms with Gasteiger partial charge in [-0.15, -0.1) is 11.3 Å². The number of hydrogen-bond acceptors (Lipinski definition) is 1. The smallest absolute Gasteiger partial charge is 0.0387 e. The maximum atomic E-state index is 2.31. The van der Waals surface area contributed by atoms with Crippen LogP contribution >= 0.6 is 11.3 Å². The van der Waals surface area contributed by atoms with Gasteiger partial charge in [-0.05, 0) is 24.5 Å². The van der Waals surface area contributed by atoms with Gasteiger partial charge in [-0.3, -0.25) is 0 Å². The second-order valence-corrected chi connectivity index (χ2v) is 6.25. The average molecular weight is 268 g/mol. The van der Waals surface area contributed by atoms with Crippen LogP contribution in [-0.2, 0) is 6.42 Å². The first-order valence-corrected chi connectivity index (χ1v) is 8.11. The molecule has 1 heteroatoms. The van der Waals surface area contributed by atoms with Gasteiger partial charge in [0.05, 0.1) is 0 Å². The first-order valence-electron chi connectivity index (χ1n) is 7.29. The summed E-state index contributed by atoms with van der Waals surface area (Å²) in [6.45, 7) is 2.27. The summed E-state index contributed by atoms with van der Waals surface area (Å²) in [7, 11) is 0. The van der Waals surface area contributed by atoms with E-state index in [1.807, 2.05) is 11.3 Å². The van der Waals surface area contributed by atoms with E-state index in [9.17, 15) is 0 Å². The molecule has 19 heavy (non-hydrogen) atoms. The average Bonchev–Trinajstić information content (AvgIpc) is 2.83.